The second-order valence-electron chi connectivity index (χ2n) is 3.61. The molecule has 1 aromatic rings. The van der Waals surface area contributed by atoms with Crippen LogP contribution in [0.4, 0.5) is 0 Å². The van der Waals surface area contributed by atoms with E-state index in [-0.39, 0.29) is 24.2 Å². The van der Waals surface area contributed by atoms with Crippen molar-refractivity contribution in [3.8, 4) is 0 Å². The van der Waals surface area contributed by atoms with Crippen molar-refractivity contribution in [2.45, 2.75) is 32.9 Å². The average molecular weight is 225 g/mol. The topological polar surface area (TPSA) is 84.2 Å². The number of carboxylic acid groups (broad SMARTS) is 1. The van der Waals surface area contributed by atoms with Crippen LogP contribution in [0.25, 0.3) is 0 Å². The summed E-state index contributed by atoms with van der Waals surface area (Å²) in [5.74, 6) is -1.25. The molecular weight excluding hydrogens is 210 g/mol. The van der Waals surface area contributed by atoms with Crippen LogP contribution in [0.1, 0.15) is 30.8 Å². The SMILES string of the molecule is CC[C@H](C)NC(=O)Cn1cnc(C(=O)O)c1. The summed E-state index contributed by atoms with van der Waals surface area (Å²) >= 11 is 0. The van der Waals surface area contributed by atoms with Crippen LogP contribution in [0.3, 0.4) is 0 Å². The second kappa shape index (κ2) is 5.29. The molecule has 1 rings (SSSR count). The summed E-state index contributed by atoms with van der Waals surface area (Å²) in [4.78, 5) is 25.7. The Morgan fingerprint density at radius 1 is 1.62 bits per heavy atom. The summed E-state index contributed by atoms with van der Waals surface area (Å²) in [6, 6.07) is 0.120. The first-order valence-electron chi connectivity index (χ1n) is 5.07. The molecule has 1 atom stereocenters. The number of hydrogen-bond donors (Lipinski definition) is 2. The van der Waals surface area contributed by atoms with Crippen molar-refractivity contribution >= 4 is 11.9 Å². The summed E-state index contributed by atoms with van der Waals surface area (Å²) in [7, 11) is 0. The van der Waals surface area contributed by atoms with Gasteiger partial charge in [-0.15, -0.1) is 0 Å². The van der Waals surface area contributed by atoms with Crippen LogP contribution in [-0.4, -0.2) is 32.6 Å². The number of hydrogen-bond acceptors (Lipinski definition) is 3. The Morgan fingerprint density at radius 3 is 2.81 bits per heavy atom. The molecule has 0 aliphatic heterocycles. The minimum Gasteiger partial charge on any atom is -0.476 e. The van der Waals surface area contributed by atoms with Crippen LogP contribution in [0.15, 0.2) is 12.5 Å². The summed E-state index contributed by atoms with van der Waals surface area (Å²) in [5.41, 5.74) is -0.0589. The molecular formula is C10H15N3O3. The van der Waals surface area contributed by atoms with Crippen molar-refractivity contribution in [2.75, 3.05) is 0 Å². The van der Waals surface area contributed by atoms with Crippen LogP contribution in [0.2, 0.25) is 0 Å². The second-order valence-corrected chi connectivity index (χ2v) is 3.61. The number of rotatable bonds is 5. The van der Waals surface area contributed by atoms with Crippen molar-refractivity contribution in [3.63, 3.8) is 0 Å². The first-order chi connectivity index (χ1) is 7.52. The third-order valence-electron chi connectivity index (χ3n) is 2.20. The van der Waals surface area contributed by atoms with Crippen LogP contribution < -0.4 is 5.32 Å². The van der Waals surface area contributed by atoms with E-state index >= 15 is 0 Å². The first-order valence-corrected chi connectivity index (χ1v) is 5.07. The lowest BCUT2D eigenvalue weighted by molar-refractivity contribution is -0.122. The van der Waals surface area contributed by atoms with E-state index in [4.69, 9.17) is 5.11 Å². The van der Waals surface area contributed by atoms with Gasteiger partial charge in [0.2, 0.25) is 5.91 Å². The molecule has 0 saturated carbocycles. The lowest BCUT2D eigenvalue weighted by Gasteiger charge is -2.11. The quantitative estimate of drug-likeness (QED) is 0.764. The van der Waals surface area contributed by atoms with Gasteiger partial charge in [-0.2, -0.15) is 0 Å². The zero-order chi connectivity index (χ0) is 12.1. The number of nitrogens with one attached hydrogen (secondary N) is 1. The minimum atomic E-state index is -1.10. The van der Waals surface area contributed by atoms with E-state index in [2.05, 4.69) is 10.3 Å². The normalized spacial score (nSPS) is 12.1. The van der Waals surface area contributed by atoms with Crippen LogP contribution in [0, 0.1) is 0 Å². The highest BCUT2D eigenvalue weighted by atomic mass is 16.4. The molecule has 88 valence electrons. The van der Waals surface area contributed by atoms with E-state index in [1.54, 1.807) is 0 Å². The van der Waals surface area contributed by atoms with Gasteiger partial charge in [-0.1, -0.05) is 6.92 Å². The van der Waals surface area contributed by atoms with Crippen molar-refractivity contribution in [1.82, 2.24) is 14.9 Å². The molecule has 0 fully saturated rings. The molecule has 0 radical (unpaired) electrons. The summed E-state index contributed by atoms with van der Waals surface area (Å²) < 4.78 is 1.45. The van der Waals surface area contributed by atoms with E-state index < -0.39 is 5.97 Å². The summed E-state index contributed by atoms with van der Waals surface area (Å²) in [6.45, 7) is 3.98. The molecule has 2 N–H and O–H groups in total. The zero-order valence-electron chi connectivity index (χ0n) is 9.30. The predicted octanol–water partition coefficient (Wildman–Crippen LogP) is 0.496. The zero-order valence-corrected chi connectivity index (χ0v) is 9.30. The molecule has 0 aromatic carbocycles. The third kappa shape index (κ3) is 3.38. The molecule has 1 heterocycles. The van der Waals surface area contributed by atoms with Crippen molar-refractivity contribution in [1.29, 1.82) is 0 Å². The molecule has 0 unspecified atom stereocenters. The van der Waals surface area contributed by atoms with Gasteiger partial charge in [0.15, 0.2) is 5.69 Å². The number of amides is 1. The predicted molar refractivity (Wildman–Crippen MR) is 57.1 cm³/mol. The number of carboxylic acids is 1. The highest BCUT2D eigenvalue weighted by Gasteiger charge is 2.09. The fraction of sp³-hybridized carbons (Fsp3) is 0.500. The van der Waals surface area contributed by atoms with Crippen molar-refractivity contribution in [2.24, 2.45) is 0 Å². The van der Waals surface area contributed by atoms with E-state index in [0.29, 0.717) is 0 Å². The molecule has 0 aliphatic rings. The minimum absolute atomic E-state index is 0.0589. The fourth-order valence-corrected chi connectivity index (χ4v) is 1.15. The Morgan fingerprint density at radius 2 is 2.31 bits per heavy atom. The van der Waals surface area contributed by atoms with Gasteiger partial charge in [-0.3, -0.25) is 4.79 Å². The van der Waals surface area contributed by atoms with Gasteiger partial charge in [0.1, 0.15) is 6.54 Å². The van der Waals surface area contributed by atoms with E-state index in [1.807, 2.05) is 13.8 Å². The number of aromatic carboxylic acids is 1. The number of aromatic nitrogens is 2. The maximum atomic E-state index is 11.5. The summed E-state index contributed by atoms with van der Waals surface area (Å²) in [5, 5.41) is 11.4. The Kier molecular flexibility index (Phi) is 4.04. The average Bonchev–Trinajstić information content (AvgIpc) is 2.65. The Hall–Kier alpha value is -1.85. The molecule has 0 spiro atoms. The van der Waals surface area contributed by atoms with Gasteiger partial charge in [0.05, 0.1) is 6.33 Å². The van der Waals surface area contributed by atoms with Crippen LogP contribution >= 0.6 is 0 Å². The third-order valence-corrected chi connectivity index (χ3v) is 2.20. The van der Waals surface area contributed by atoms with E-state index in [0.717, 1.165) is 6.42 Å². The highest BCUT2D eigenvalue weighted by Crippen LogP contribution is 1.96. The molecule has 1 aromatic heterocycles. The smallest absolute Gasteiger partial charge is 0.356 e. The number of imidazole rings is 1. The highest BCUT2D eigenvalue weighted by molar-refractivity contribution is 5.85. The Labute approximate surface area is 93.3 Å². The molecule has 0 saturated heterocycles. The Bertz CT molecular complexity index is 386. The molecule has 0 aliphatic carbocycles. The van der Waals surface area contributed by atoms with Gasteiger partial charge in [0.25, 0.3) is 0 Å². The molecule has 6 heteroatoms. The number of carbonyl (C=O) groups is 2. The maximum Gasteiger partial charge on any atom is 0.356 e. The monoisotopic (exact) mass is 225 g/mol. The largest absolute Gasteiger partial charge is 0.476 e. The van der Waals surface area contributed by atoms with Crippen molar-refractivity contribution in [3.05, 3.63) is 18.2 Å². The van der Waals surface area contributed by atoms with Gasteiger partial charge < -0.3 is 15.0 Å². The van der Waals surface area contributed by atoms with E-state index in [1.165, 1.54) is 17.1 Å². The van der Waals surface area contributed by atoms with Gasteiger partial charge in [-0.05, 0) is 13.3 Å². The van der Waals surface area contributed by atoms with Gasteiger partial charge >= 0.3 is 5.97 Å². The number of carbonyl (C=O) groups excluding carboxylic acids is 1. The van der Waals surface area contributed by atoms with Crippen LogP contribution in [0.5, 0.6) is 0 Å². The lowest BCUT2D eigenvalue weighted by atomic mass is 10.2. The van der Waals surface area contributed by atoms with Crippen LogP contribution in [-0.2, 0) is 11.3 Å². The standard InChI is InChI=1S/C10H15N3O3/c1-3-7(2)12-9(14)5-13-4-8(10(15)16)11-6-13/h4,6-7H,3,5H2,1-2H3,(H,12,14)(H,15,16)/t7-/m0/s1. The van der Waals surface area contributed by atoms with Gasteiger partial charge in [0, 0.05) is 12.2 Å². The molecule has 16 heavy (non-hydrogen) atoms. The van der Waals surface area contributed by atoms with Crippen molar-refractivity contribution < 1.29 is 14.7 Å². The lowest BCUT2D eigenvalue weighted by Crippen LogP contribution is -2.34. The fourth-order valence-electron chi connectivity index (χ4n) is 1.15. The Balaban J connectivity index is 2.53. The first kappa shape index (κ1) is 12.2. The maximum absolute atomic E-state index is 11.5. The number of nitrogens with zero attached hydrogens (tertiary/aromatic N) is 2. The molecule has 1 amide bonds. The summed E-state index contributed by atoms with van der Waals surface area (Å²) in [6.07, 6.45) is 3.52. The van der Waals surface area contributed by atoms with Gasteiger partial charge in [-0.25, -0.2) is 9.78 Å². The molecule has 6 nitrogen and oxygen atoms in total. The molecule has 0 bridgehead atoms. The van der Waals surface area contributed by atoms with E-state index in [9.17, 15) is 9.59 Å².